The average Bonchev–Trinajstić information content (AvgIpc) is 2.69. The number of esters is 1. The number of ether oxygens (including phenoxy) is 2. The van der Waals surface area contributed by atoms with E-state index >= 15 is 0 Å². The molecule has 0 saturated carbocycles. The Hall–Kier alpha value is -3.02. The van der Waals surface area contributed by atoms with Gasteiger partial charge in [0.15, 0.2) is 6.10 Å². The molecule has 0 aromatic heterocycles. The first kappa shape index (κ1) is 24.3. The molecule has 3 amide bonds. The molecule has 2 aromatic carbocycles. The van der Waals surface area contributed by atoms with Gasteiger partial charge in [0.2, 0.25) is 0 Å². The number of nitrogens with two attached hydrogens (primary N) is 1. The Bertz CT molecular complexity index is 1140. The zero-order valence-corrected chi connectivity index (χ0v) is 18.5. The van der Waals surface area contributed by atoms with E-state index in [9.17, 15) is 22.8 Å². The van der Waals surface area contributed by atoms with E-state index in [4.69, 9.17) is 38.4 Å². The number of nitrogens with one attached hydrogen (secondary N) is 2. The Morgan fingerprint density at radius 1 is 1.10 bits per heavy atom. The maximum Gasteiger partial charge on any atom is 0.338 e. The summed E-state index contributed by atoms with van der Waals surface area (Å²) in [5.41, 5.74) is 4.66. The fourth-order valence-corrected chi connectivity index (χ4v) is 3.95. The van der Waals surface area contributed by atoms with Crippen LogP contribution in [0, 0.1) is 0 Å². The van der Waals surface area contributed by atoms with Crippen molar-refractivity contribution < 1.29 is 32.3 Å². The van der Waals surface area contributed by atoms with Crippen LogP contribution in [0.1, 0.15) is 17.3 Å². The van der Waals surface area contributed by atoms with Crippen LogP contribution in [0.25, 0.3) is 0 Å². The third-order valence-electron chi connectivity index (χ3n) is 3.76. The van der Waals surface area contributed by atoms with E-state index < -0.39 is 38.9 Å². The number of amides is 3. The molecule has 10 nitrogen and oxygen atoms in total. The van der Waals surface area contributed by atoms with Crippen LogP contribution in [0.2, 0.25) is 10.0 Å². The van der Waals surface area contributed by atoms with E-state index in [2.05, 4.69) is 4.72 Å². The lowest BCUT2D eigenvalue weighted by Gasteiger charge is -2.15. The molecule has 0 saturated heterocycles. The third kappa shape index (κ3) is 6.23. The molecule has 0 spiro atoms. The van der Waals surface area contributed by atoms with E-state index in [1.807, 2.05) is 0 Å². The van der Waals surface area contributed by atoms with Crippen LogP contribution in [0.3, 0.4) is 0 Å². The number of benzene rings is 2. The van der Waals surface area contributed by atoms with Crippen molar-refractivity contribution in [3.8, 4) is 5.75 Å². The zero-order valence-electron chi connectivity index (χ0n) is 16.1. The second kappa shape index (κ2) is 9.86. The van der Waals surface area contributed by atoms with Crippen LogP contribution in [-0.2, 0) is 19.6 Å². The molecule has 2 aromatic rings. The SMILES string of the molecule is COc1ccc(C(=O)OC(C)C(=O)NC(N)=O)cc1S(=O)(=O)Nc1cc(Cl)ccc1Cl. The lowest BCUT2D eigenvalue weighted by atomic mass is 10.2. The Morgan fingerprint density at radius 3 is 2.39 bits per heavy atom. The van der Waals surface area contributed by atoms with E-state index in [1.54, 1.807) is 5.32 Å². The van der Waals surface area contributed by atoms with Gasteiger partial charge in [0.1, 0.15) is 10.6 Å². The van der Waals surface area contributed by atoms with Gasteiger partial charge >= 0.3 is 12.0 Å². The number of carbonyl (C=O) groups is 3. The lowest BCUT2D eigenvalue weighted by Crippen LogP contribution is -2.42. The van der Waals surface area contributed by atoms with Gasteiger partial charge in [-0.1, -0.05) is 23.2 Å². The number of hydrogen-bond acceptors (Lipinski definition) is 7. The maximum absolute atomic E-state index is 12.9. The number of urea groups is 1. The number of sulfonamides is 1. The minimum atomic E-state index is -4.28. The molecule has 31 heavy (non-hydrogen) atoms. The fraction of sp³-hybridized carbons (Fsp3) is 0.167. The van der Waals surface area contributed by atoms with Gasteiger partial charge in [-0.05, 0) is 43.3 Å². The zero-order chi connectivity index (χ0) is 23.3. The smallest absolute Gasteiger partial charge is 0.338 e. The predicted octanol–water partition coefficient (Wildman–Crippen LogP) is 2.54. The van der Waals surface area contributed by atoms with E-state index in [-0.39, 0.29) is 27.0 Å². The minimum Gasteiger partial charge on any atom is -0.495 e. The number of halogens is 2. The fourth-order valence-electron chi connectivity index (χ4n) is 2.29. The first-order chi connectivity index (χ1) is 14.4. The monoisotopic (exact) mass is 489 g/mol. The van der Waals surface area contributed by atoms with Gasteiger partial charge in [-0.3, -0.25) is 14.8 Å². The number of anilines is 1. The number of hydrogen-bond donors (Lipinski definition) is 3. The summed E-state index contributed by atoms with van der Waals surface area (Å²) in [5.74, 6) is -2.03. The molecular weight excluding hydrogens is 473 g/mol. The average molecular weight is 490 g/mol. The van der Waals surface area contributed by atoms with Crippen molar-refractivity contribution in [1.82, 2.24) is 5.32 Å². The standard InChI is InChI=1S/C18H17Cl2N3O7S/c1-9(16(24)22-18(21)26)30-17(25)10-3-6-14(29-2)15(7-10)31(27,28)23-13-8-11(19)4-5-12(13)20/h3-9,23H,1-2H3,(H3,21,22,24,26). The van der Waals surface area contributed by atoms with Crippen LogP contribution in [-0.4, -0.2) is 39.5 Å². The van der Waals surface area contributed by atoms with Crippen molar-refractivity contribution in [2.45, 2.75) is 17.9 Å². The van der Waals surface area contributed by atoms with Gasteiger partial charge in [0.05, 0.1) is 23.4 Å². The lowest BCUT2D eigenvalue weighted by molar-refractivity contribution is -0.127. The summed E-state index contributed by atoms with van der Waals surface area (Å²) in [6.07, 6.45) is -1.37. The molecule has 0 heterocycles. The van der Waals surface area contributed by atoms with Crippen molar-refractivity contribution in [2.75, 3.05) is 11.8 Å². The summed E-state index contributed by atoms with van der Waals surface area (Å²) in [5, 5.41) is 2.10. The second-order valence-corrected chi connectivity index (χ2v) is 8.49. The van der Waals surface area contributed by atoms with Crippen molar-refractivity contribution in [1.29, 1.82) is 0 Å². The maximum atomic E-state index is 12.9. The quantitative estimate of drug-likeness (QED) is 0.504. The van der Waals surface area contributed by atoms with Gasteiger partial charge < -0.3 is 15.2 Å². The molecule has 2 rings (SSSR count). The molecule has 0 radical (unpaired) electrons. The third-order valence-corrected chi connectivity index (χ3v) is 5.71. The summed E-state index contributed by atoms with van der Waals surface area (Å²) in [4.78, 5) is 34.4. The van der Waals surface area contributed by atoms with Gasteiger partial charge in [-0.25, -0.2) is 18.0 Å². The number of imide groups is 1. The molecule has 0 aliphatic rings. The molecule has 0 aliphatic carbocycles. The molecule has 0 fully saturated rings. The highest BCUT2D eigenvalue weighted by Gasteiger charge is 2.25. The number of methoxy groups -OCH3 is 1. The first-order valence-electron chi connectivity index (χ1n) is 8.41. The second-order valence-electron chi connectivity index (χ2n) is 6.00. The van der Waals surface area contributed by atoms with Crippen LogP contribution < -0.4 is 20.5 Å². The predicted molar refractivity (Wildman–Crippen MR) is 113 cm³/mol. The van der Waals surface area contributed by atoms with E-state index in [0.29, 0.717) is 0 Å². The van der Waals surface area contributed by atoms with Crippen molar-refractivity contribution >= 4 is 56.8 Å². The van der Waals surface area contributed by atoms with Gasteiger partial charge in [-0.15, -0.1) is 0 Å². The van der Waals surface area contributed by atoms with Gasteiger partial charge in [0.25, 0.3) is 15.9 Å². The summed E-state index contributed by atoms with van der Waals surface area (Å²) < 4.78 is 38.1. The van der Waals surface area contributed by atoms with E-state index in [0.717, 1.165) is 6.07 Å². The number of carbonyl (C=O) groups excluding carboxylic acids is 3. The topological polar surface area (TPSA) is 154 Å². The van der Waals surface area contributed by atoms with Crippen LogP contribution in [0.15, 0.2) is 41.3 Å². The van der Waals surface area contributed by atoms with E-state index in [1.165, 1.54) is 44.4 Å². The largest absolute Gasteiger partial charge is 0.495 e. The molecule has 0 bridgehead atoms. The summed E-state index contributed by atoms with van der Waals surface area (Å²) in [6, 6.07) is 6.56. The van der Waals surface area contributed by atoms with Crippen LogP contribution >= 0.6 is 23.2 Å². The molecule has 166 valence electrons. The number of primary amides is 1. The highest BCUT2D eigenvalue weighted by atomic mass is 35.5. The van der Waals surface area contributed by atoms with Crippen LogP contribution in [0.5, 0.6) is 5.75 Å². The summed E-state index contributed by atoms with van der Waals surface area (Å²) in [6.45, 7) is 1.21. The summed E-state index contributed by atoms with van der Waals surface area (Å²) in [7, 11) is -3.03. The molecule has 1 atom stereocenters. The van der Waals surface area contributed by atoms with Crippen LogP contribution in [0.4, 0.5) is 10.5 Å². The highest BCUT2D eigenvalue weighted by Crippen LogP contribution is 2.31. The molecule has 1 unspecified atom stereocenters. The Balaban J connectivity index is 2.35. The molecule has 13 heteroatoms. The van der Waals surface area contributed by atoms with Gasteiger partial charge in [-0.2, -0.15) is 0 Å². The number of rotatable bonds is 7. The summed E-state index contributed by atoms with van der Waals surface area (Å²) >= 11 is 11.9. The minimum absolute atomic E-state index is 0.0148. The first-order valence-corrected chi connectivity index (χ1v) is 10.7. The van der Waals surface area contributed by atoms with Crippen molar-refractivity contribution in [3.05, 3.63) is 52.0 Å². The molecular formula is C18H17Cl2N3O7S. The van der Waals surface area contributed by atoms with Gasteiger partial charge in [0, 0.05) is 5.02 Å². The Labute approximate surface area is 187 Å². The Kier molecular flexibility index (Phi) is 7.71. The van der Waals surface area contributed by atoms with Crippen molar-refractivity contribution in [2.24, 2.45) is 5.73 Å². The Morgan fingerprint density at radius 2 is 1.77 bits per heavy atom. The molecule has 0 aliphatic heterocycles. The normalized spacial score (nSPS) is 11.9. The molecule has 4 N–H and O–H groups in total. The van der Waals surface area contributed by atoms with Crippen molar-refractivity contribution in [3.63, 3.8) is 0 Å². The highest BCUT2D eigenvalue weighted by molar-refractivity contribution is 7.92.